The van der Waals surface area contributed by atoms with E-state index in [9.17, 15) is 4.79 Å². The molecular weight excluding hydrogens is 366 g/mol. The average molecular weight is 386 g/mol. The molecule has 3 aromatic rings. The van der Waals surface area contributed by atoms with Gasteiger partial charge in [-0.3, -0.25) is 4.79 Å². The summed E-state index contributed by atoms with van der Waals surface area (Å²) in [5.74, 6) is 0.584. The van der Waals surface area contributed by atoms with Crippen molar-refractivity contribution in [3.63, 3.8) is 0 Å². The molecule has 0 radical (unpaired) electrons. The third-order valence-corrected chi connectivity index (χ3v) is 7.04. The van der Waals surface area contributed by atoms with Crippen LogP contribution in [-0.4, -0.2) is 34.2 Å². The van der Waals surface area contributed by atoms with E-state index in [0.29, 0.717) is 17.6 Å². The zero-order valence-corrected chi connectivity index (χ0v) is 15.9. The molecule has 6 nitrogen and oxygen atoms in total. The smallest absolute Gasteiger partial charge is 0.231 e. The van der Waals surface area contributed by atoms with Crippen molar-refractivity contribution in [1.82, 2.24) is 15.2 Å². The Bertz CT molecular complexity index is 915. The number of nitrogens with zero attached hydrogens (tertiary/aromatic N) is 4. The molecule has 1 atom stereocenters. The van der Waals surface area contributed by atoms with Crippen LogP contribution in [0.3, 0.4) is 0 Å². The molecule has 134 valence electrons. The number of nitrogens with one attached hydrogen (secondary N) is 1. The van der Waals surface area contributed by atoms with Crippen molar-refractivity contribution in [2.45, 2.75) is 31.6 Å². The number of hydrogen-bond acceptors (Lipinski definition) is 7. The minimum absolute atomic E-state index is 0.0379. The second kappa shape index (κ2) is 6.59. The van der Waals surface area contributed by atoms with Crippen LogP contribution in [0.1, 0.15) is 36.6 Å². The van der Waals surface area contributed by atoms with Gasteiger partial charge in [0.15, 0.2) is 5.13 Å². The van der Waals surface area contributed by atoms with Crippen LogP contribution in [0.15, 0.2) is 24.3 Å². The summed E-state index contributed by atoms with van der Waals surface area (Å²) in [6.45, 7) is 1.66. The average Bonchev–Trinajstić information content (AvgIpc) is 3.26. The Kier molecular flexibility index (Phi) is 4.09. The van der Waals surface area contributed by atoms with E-state index in [0.717, 1.165) is 35.0 Å². The molecule has 1 aliphatic carbocycles. The summed E-state index contributed by atoms with van der Waals surface area (Å²) in [4.78, 5) is 19.7. The summed E-state index contributed by atoms with van der Waals surface area (Å²) in [5, 5.41) is 14.0. The molecule has 0 unspecified atom stereocenters. The minimum atomic E-state index is -0.0379. The van der Waals surface area contributed by atoms with Crippen molar-refractivity contribution < 1.29 is 4.79 Å². The van der Waals surface area contributed by atoms with E-state index in [-0.39, 0.29) is 11.8 Å². The van der Waals surface area contributed by atoms with Crippen LogP contribution < -0.4 is 10.2 Å². The van der Waals surface area contributed by atoms with Crippen LogP contribution in [0.25, 0.3) is 10.2 Å². The minimum Gasteiger partial charge on any atom is -0.347 e. The van der Waals surface area contributed by atoms with Gasteiger partial charge in [-0.15, -0.1) is 10.2 Å². The molecule has 0 spiro atoms. The summed E-state index contributed by atoms with van der Waals surface area (Å²) in [6, 6.07) is 8.18. The Labute approximate surface area is 159 Å². The maximum Gasteiger partial charge on any atom is 0.231 e. The second-order valence-electron chi connectivity index (χ2n) is 6.96. The molecule has 1 saturated heterocycles. The standard InChI is InChI=1S/C18H19N5OS2/c24-15(20-17-22-21-16(26-17)11-7-8-11)12-4-3-9-23(10-12)18-19-13-5-1-2-6-14(13)25-18/h1-2,5-6,11-12H,3-4,7-10H2,(H,20,22,24)/t12-/m0/s1. The molecule has 1 aliphatic heterocycles. The van der Waals surface area contributed by atoms with E-state index in [2.05, 4.69) is 26.5 Å². The first-order chi connectivity index (χ1) is 12.8. The van der Waals surface area contributed by atoms with Gasteiger partial charge in [0.1, 0.15) is 5.01 Å². The number of aromatic nitrogens is 3. The maximum absolute atomic E-state index is 12.7. The van der Waals surface area contributed by atoms with Gasteiger partial charge in [-0.1, -0.05) is 34.8 Å². The van der Waals surface area contributed by atoms with Gasteiger partial charge in [-0.25, -0.2) is 4.98 Å². The number of thiazole rings is 1. The zero-order valence-electron chi connectivity index (χ0n) is 14.2. The lowest BCUT2D eigenvalue weighted by Crippen LogP contribution is -2.40. The predicted octanol–water partition coefficient (Wildman–Crippen LogP) is 3.88. The van der Waals surface area contributed by atoms with Gasteiger partial charge >= 0.3 is 0 Å². The highest BCUT2D eigenvalue weighted by Crippen LogP contribution is 2.42. The van der Waals surface area contributed by atoms with Crippen molar-refractivity contribution in [3.8, 4) is 0 Å². The summed E-state index contributed by atoms with van der Waals surface area (Å²) < 4.78 is 1.19. The van der Waals surface area contributed by atoms with Gasteiger partial charge in [0.25, 0.3) is 0 Å². The van der Waals surface area contributed by atoms with Crippen molar-refractivity contribution in [2.75, 3.05) is 23.3 Å². The Balaban J connectivity index is 1.27. The summed E-state index contributed by atoms with van der Waals surface area (Å²) in [6.07, 6.45) is 4.30. The molecule has 26 heavy (non-hydrogen) atoms. The molecule has 3 heterocycles. The van der Waals surface area contributed by atoms with E-state index in [1.165, 1.54) is 28.9 Å². The largest absolute Gasteiger partial charge is 0.347 e. The van der Waals surface area contributed by atoms with E-state index in [1.54, 1.807) is 11.3 Å². The van der Waals surface area contributed by atoms with Crippen LogP contribution in [-0.2, 0) is 4.79 Å². The lowest BCUT2D eigenvalue weighted by atomic mass is 9.98. The number of fused-ring (bicyclic) bond motifs is 1. The van der Waals surface area contributed by atoms with E-state index in [1.807, 2.05) is 18.2 Å². The molecule has 1 saturated carbocycles. The number of amides is 1. The number of carbonyl (C=O) groups excluding carboxylic acids is 1. The highest BCUT2D eigenvalue weighted by Gasteiger charge is 2.30. The first-order valence-corrected chi connectivity index (χ1v) is 10.6. The topological polar surface area (TPSA) is 71.0 Å². The summed E-state index contributed by atoms with van der Waals surface area (Å²) in [5.41, 5.74) is 1.03. The van der Waals surface area contributed by atoms with Crippen LogP contribution in [0.4, 0.5) is 10.3 Å². The maximum atomic E-state index is 12.7. The van der Waals surface area contributed by atoms with Crippen molar-refractivity contribution in [3.05, 3.63) is 29.3 Å². The first kappa shape index (κ1) is 16.1. The molecule has 2 aliphatic rings. The van der Waals surface area contributed by atoms with E-state index in [4.69, 9.17) is 4.98 Å². The number of para-hydroxylation sites is 1. The van der Waals surface area contributed by atoms with Gasteiger partial charge in [0, 0.05) is 19.0 Å². The lowest BCUT2D eigenvalue weighted by Gasteiger charge is -2.31. The second-order valence-corrected chi connectivity index (χ2v) is 8.98. The number of carbonyl (C=O) groups is 1. The Hall–Kier alpha value is -2.06. The third kappa shape index (κ3) is 3.19. The Morgan fingerprint density at radius 2 is 2.04 bits per heavy atom. The number of benzene rings is 1. The van der Waals surface area contributed by atoms with E-state index >= 15 is 0 Å². The molecule has 1 amide bonds. The summed E-state index contributed by atoms with van der Waals surface area (Å²) in [7, 11) is 0. The first-order valence-electron chi connectivity index (χ1n) is 9.01. The molecule has 0 bridgehead atoms. The van der Waals surface area contributed by atoms with Crippen molar-refractivity contribution in [2.24, 2.45) is 5.92 Å². The van der Waals surface area contributed by atoms with E-state index < -0.39 is 0 Å². The van der Waals surface area contributed by atoms with Gasteiger partial charge in [0.05, 0.1) is 16.1 Å². The van der Waals surface area contributed by atoms with Gasteiger partial charge in [-0.2, -0.15) is 0 Å². The lowest BCUT2D eigenvalue weighted by molar-refractivity contribution is -0.120. The number of piperidine rings is 1. The van der Waals surface area contributed by atoms with Crippen molar-refractivity contribution >= 4 is 49.1 Å². The molecule has 1 N–H and O–H groups in total. The number of hydrogen-bond donors (Lipinski definition) is 1. The quantitative estimate of drug-likeness (QED) is 0.738. The normalized spacial score (nSPS) is 20.5. The monoisotopic (exact) mass is 385 g/mol. The van der Waals surface area contributed by atoms with Crippen LogP contribution in [0.5, 0.6) is 0 Å². The van der Waals surface area contributed by atoms with Crippen LogP contribution in [0, 0.1) is 5.92 Å². The molecule has 2 aromatic heterocycles. The fourth-order valence-corrected chi connectivity index (χ4v) is 5.26. The number of anilines is 2. The molecule has 8 heteroatoms. The fourth-order valence-electron chi connectivity index (χ4n) is 3.35. The summed E-state index contributed by atoms with van der Waals surface area (Å²) >= 11 is 3.22. The Morgan fingerprint density at radius 3 is 2.88 bits per heavy atom. The molecule has 2 fully saturated rings. The molecule has 5 rings (SSSR count). The highest BCUT2D eigenvalue weighted by atomic mass is 32.1. The highest BCUT2D eigenvalue weighted by molar-refractivity contribution is 7.22. The molecule has 1 aromatic carbocycles. The number of rotatable bonds is 4. The predicted molar refractivity (Wildman–Crippen MR) is 105 cm³/mol. The van der Waals surface area contributed by atoms with Crippen LogP contribution >= 0.6 is 22.7 Å². The third-order valence-electron chi connectivity index (χ3n) is 4.94. The van der Waals surface area contributed by atoms with Gasteiger partial charge < -0.3 is 10.2 Å². The van der Waals surface area contributed by atoms with Crippen molar-refractivity contribution in [1.29, 1.82) is 0 Å². The Morgan fingerprint density at radius 1 is 1.15 bits per heavy atom. The van der Waals surface area contributed by atoms with Gasteiger partial charge in [0.2, 0.25) is 11.0 Å². The molecular formula is C18H19N5OS2. The zero-order chi connectivity index (χ0) is 17.5. The fraction of sp³-hybridized carbons (Fsp3) is 0.444. The van der Waals surface area contributed by atoms with Gasteiger partial charge in [-0.05, 0) is 37.8 Å². The van der Waals surface area contributed by atoms with Crippen LogP contribution in [0.2, 0.25) is 0 Å². The SMILES string of the molecule is O=C(Nc1nnc(C2CC2)s1)[C@H]1CCCN(c2nc3ccccc3s2)C1.